The van der Waals surface area contributed by atoms with Crippen molar-refractivity contribution in [2.45, 2.75) is 58.3 Å². The van der Waals surface area contributed by atoms with Gasteiger partial charge >= 0.3 is 0 Å². The van der Waals surface area contributed by atoms with Crippen molar-refractivity contribution >= 4 is 23.3 Å². The standard InChI is InChI=1S/C26H33N5O2/c1-17-23-6-4-13-30(15-19-7-8-19)25(23)29-24(27-17)21-5-3-14-31(16-21)26(33)20-9-11-22(12-10-20)28-18(2)32/h9-12,19,21H,3-8,13-16H2,1-2H3,(H,28,32)/t21-/m0/s1. The summed E-state index contributed by atoms with van der Waals surface area (Å²) < 4.78 is 0. The Kier molecular flexibility index (Phi) is 6.04. The molecule has 1 saturated carbocycles. The Morgan fingerprint density at radius 1 is 1.06 bits per heavy atom. The van der Waals surface area contributed by atoms with Crippen molar-refractivity contribution in [2.75, 3.05) is 36.4 Å². The fraction of sp³-hybridized carbons (Fsp3) is 0.538. The van der Waals surface area contributed by atoms with Crippen LogP contribution in [-0.2, 0) is 11.2 Å². The number of anilines is 2. The van der Waals surface area contributed by atoms with Gasteiger partial charge in [-0.25, -0.2) is 9.97 Å². The molecule has 3 aliphatic rings. The van der Waals surface area contributed by atoms with E-state index in [2.05, 4.69) is 17.1 Å². The number of nitrogens with zero attached hydrogens (tertiary/aromatic N) is 4. The molecule has 7 heteroatoms. The lowest BCUT2D eigenvalue weighted by molar-refractivity contribution is -0.114. The Bertz CT molecular complexity index is 1050. The molecule has 5 rings (SSSR count). The maximum Gasteiger partial charge on any atom is 0.253 e. The smallest absolute Gasteiger partial charge is 0.253 e. The molecule has 1 atom stereocenters. The van der Waals surface area contributed by atoms with E-state index in [-0.39, 0.29) is 17.7 Å². The Hall–Kier alpha value is -2.96. The number of hydrogen-bond acceptors (Lipinski definition) is 5. The lowest BCUT2D eigenvalue weighted by Crippen LogP contribution is -2.40. The second kappa shape index (κ2) is 9.12. The van der Waals surface area contributed by atoms with Crippen LogP contribution in [0.25, 0.3) is 0 Å². The lowest BCUT2D eigenvalue weighted by atomic mass is 9.95. The van der Waals surface area contributed by atoms with E-state index in [1.807, 2.05) is 4.90 Å². The summed E-state index contributed by atoms with van der Waals surface area (Å²) in [6.07, 6.45) is 6.88. The van der Waals surface area contributed by atoms with Crippen LogP contribution in [0.2, 0.25) is 0 Å². The van der Waals surface area contributed by atoms with Crippen LogP contribution in [0.4, 0.5) is 11.5 Å². The molecular weight excluding hydrogens is 414 g/mol. The number of carbonyl (C=O) groups is 2. The van der Waals surface area contributed by atoms with Gasteiger partial charge in [-0.3, -0.25) is 9.59 Å². The molecule has 1 aromatic carbocycles. The van der Waals surface area contributed by atoms with Gasteiger partial charge in [-0.15, -0.1) is 0 Å². The van der Waals surface area contributed by atoms with Crippen molar-refractivity contribution in [3.05, 3.63) is 46.9 Å². The zero-order valence-electron chi connectivity index (χ0n) is 19.6. The molecule has 1 aliphatic carbocycles. The zero-order valence-corrected chi connectivity index (χ0v) is 19.6. The molecule has 0 spiro atoms. The van der Waals surface area contributed by atoms with Crippen molar-refractivity contribution in [1.82, 2.24) is 14.9 Å². The Morgan fingerprint density at radius 3 is 2.58 bits per heavy atom. The highest BCUT2D eigenvalue weighted by Crippen LogP contribution is 2.36. The van der Waals surface area contributed by atoms with E-state index in [1.165, 1.54) is 31.7 Å². The molecule has 33 heavy (non-hydrogen) atoms. The molecule has 0 radical (unpaired) electrons. The fourth-order valence-electron chi connectivity index (χ4n) is 5.14. The summed E-state index contributed by atoms with van der Waals surface area (Å²) in [7, 11) is 0. The SMILES string of the molecule is CC(=O)Nc1ccc(C(=O)N2CCC[C@H](c3nc(C)c4c(n3)N(CC3CC3)CCC4)C2)cc1. The lowest BCUT2D eigenvalue weighted by Gasteiger charge is -2.34. The molecule has 0 bridgehead atoms. The van der Waals surface area contributed by atoms with E-state index in [9.17, 15) is 9.59 Å². The number of amides is 2. The van der Waals surface area contributed by atoms with Gasteiger partial charge in [-0.1, -0.05) is 0 Å². The van der Waals surface area contributed by atoms with Crippen molar-refractivity contribution in [3.8, 4) is 0 Å². The Morgan fingerprint density at radius 2 is 1.85 bits per heavy atom. The first kappa shape index (κ1) is 21.9. The monoisotopic (exact) mass is 447 g/mol. The van der Waals surface area contributed by atoms with Gasteiger partial charge in [-0.05, 0) is 75.6 Å². The van der Waals surface area contributed by atoms with E-state index in [0.717, 1.165) is 62.2 Å². The average molecular weight is 448 g/mol. The number of piperidine rings is 1. The highest BCUT2D eigenvalue weighted by molar-refractivity contribution is 5.95. The summed E-state index contributed by atoms with van der Waals surface area (Å²) in [4.78, 5) is 38.9. The van der Waals surface area contributed by atoms with Crippen molar-refractivity contribution in [3.63, 3.8) is 0 Å². The average Bonchev–Trinajstić information content (AvgIpc) is 3.63. The second-order valence-electron chi connectivity index (χ2n) is 9.81. The molecule has 1 saturated heterocycles. The third kappa shape index (κ3) is 4.87. The maximum absolute atomic E-state index is 13.2. The van der Waals surface area contributed by atoms with Crippen molar-refractivity contribution in [2.24, 2.45) is 5.92 Å². The van der Waals surface area contributed by atoms with Crippen LogP contribution in [-0.4, -0.2) is 52.9 Å². The molecule has 2 amide bonds. The van der Waals surface area contributed by atoms with Gasteiger partial charge in [0, 0.05) is 61.5 Å². The largest absolute Gasteiger partial charge is 0.356 e. The summed E-state index contributed by atoms with van der Waals surface area (Å²) in [5.41, 5.74) is 3.76. The molecular formula is C26H33N5O2. The summed E-state index contributed by atoms with van der Waals surface area (Å²) >= 11 is 0. The van der Waals surface area contributed by atoms with E-state index >= 15 is 0 Å². The number of likely N-dealkylation sites (tertiary alicyclic amines) is 1. The van der Waals surface area contributed by atoms with E-state index in [4.69, 9.17) is 9.97 Å². The first-order valence-electron chi connectivity index (χ1n) is 12.3. The number of nitrogens with one attached hydrogen (secondary N) is 1. The normalized spacial score (nSPS) is 20.4. The third-order valence-corrected chi connectivity index (χ3v) is 7.07. The number of fused-ring (bicyclic) bond motifs is 1. The zero-order chi connectivity index (χ0) is 22.9. The van der Waals surface area contributed by atoms with E-state index in [0.29, 0.717) is 17.8 Å². The molecule has 0 unspecified atom stereocenters. The van der Waals surface area contributed by atoms with Crippen molar-refractivity contribution in [1.29, 1.82) is 0 Å². The summed E-state index contributed by atoms with van der Waals surface area (Å²) in [5, 5.41) is 2.74. The minimum Gasteiger partial charge on any atom is -0.356 e. The molecule has 2 aromatic rings. The number of aromatic nitrogens is 2. The Balaban J connectivity index is 1.33. The second-order valence-corrected chi connectivity index (χ2v) is 9.81. The molecule has 1 aromatic heterocycles. The van der Waals surface area contributed by atoms with Crippen LogP contribution in [0.5, 0.6) is 0 Å². The first-order valence-corrected chi connectivity index (χ1v) is 12.3. The van der Waals surface area contributed by atoms with Gasteiger partial charge in [0.05, 0.1) is 0 Å². The molecule has 2 aliphatic heterocycles. The highest BCUT2D eigenvalue weighted by Gasteiger charge is 2.32. The predicted molar refractivity (Wildman–Crippen MR) is 129 cm³/mol. The van der Waals surface area contributed by atoms with Gasteiger partial charge in [0.2, 0.25) is 5.91 Å². The minimum atomic E-state index is -0.121. The third-order valence-electron chi connectivity index (χ3n) is 7.07. The number of benzene rings is 1. The topological polar surface area (TPSA) is 78.4 Å². The molecule has 3 heterocycles. The summed E-state index contributed by atoms with van der Waals surface area (Å²) in [5.74, 6) is 2.94. The van der Waals surface area contributed by atoms with Gasteiger partial charge in [0.1, 0.15) is 11.6 Å². The fourth-order valence-corrected chi connectivity index (χ4v) is 5.14. The molecule has 7 nitrogen and oxygen atoms in total. The summed E-state index contributed by atoms with van der Waals surface area (Å²) in [6, 6.07) is 7.12. The van der Waals surface area contributed by atoms with E-state index < -0.39 is 0 Å². The van der Waals surface area contributed by atoms with Crippen LogP contribution in [0, 0.1) is 12.8 Å². The van der Waals surface area contributed by atoms with Crippen LogP contribution in [0.3, 0.4) is 0 Å². The van der Waals surface area contributed by atoms with Gasteiger partial charge in [-0.2, -0.15) is 0 Å². The van der Waals surface area contributed by atoms with E-state index in [1.54, 1.807) is 24.3 Å². The number of carbonyl (C=O) groups excluding carboxylic acids is 2. The number of aryl methyl sites for hydroxylation is 1. The van der Waals surface area contributed by atoms with Gasteiger partial charge < -0.3 is 15.1 Å². The molecule has 1 N–H and O–H groups in total. The summed E-state index contributed by atoms with van der Waals surface area (Å²) in [6.45, 7) is 7.19. The van der Waals surface area contributed by atoms with Crippen molar-refractivity contribution < 1.29 is 9.59 Å². The van der Waals surface area contributed by atoms with Gasteiger partial charge in [0.25, 0.3) is 5.91 Å². The minimum absolute atomic E-state index is 0.0270. The number of rotatable bonds is 5. The number of hydrogen-bond donors (Lipinski definition) is 1. The highest BCUT2D eigenvalue weighted by atomic mass is 16.2. The van der Waals surface area contributed by atoms with Crippen LogP contribution in [0.1, 0.15) is 72.4 Å². The molecule has 2 fully saturated rings. The first-order chi connectivity index (χ1) is 16.0. The Labute approximate surface area is 195 Å². The van der Waals surface area contributed by atoms with Gasteiger partial charge in [0.15, 0.2) is 0 Å². The van der Waals surface area contributed by atoms with Crippen LogP contribution >= 0.6 is 0 Å². The van der Waals surface area contributed by atoms with Crippen LogP contribution < -0.4 is 10.2 Å². The molecule has 174 valence electrons. The quantitative estimate of drug-likeness (QED) is 0.752. The maximum atomic E-state index is 13.2. The van der Waals surface area contributed by atoms with Crippen LogP contribution in [0.15, 0.2) is 24.3 Å². The predicted octanol–water partition coefficient (Wildman–Crippen LogP) is 3.93.